The predicted octanol–water partition coefficient (Wildman–Crippen LogP) is 0.455. The molecule has 0 radical (unpaired) electrons. The van der Waals surface area contributed by atoms with E-state index in [1.165, 1.54) is 6.92 Å². The van der Waals surface area contributed by atoms with Crippen LogP contribution in [0.4, 0.5) is 0 Å². The highest BCUT2D eigenvalue weighted by Crippen LogP contribution is 2.20. The fraction of sp³-hybridized carbons (Fsp3) is 0.545. The molecule has 1 saturated heterocycles. The van der Waals surface area contributed by atoms with Gasteiger partial charge in [0.05, 0.1) is 12.2 Å². The molecule has 19 heavy (non-hydrogen) atoms. The molecule has 0 saturated carbocycles. The maximum atomic E-state index is 11.1. The first kappa shape index (κ1) is 12.0. The number of ketones is 1. The van der Waals surface area contributed by atoms with E-state index in [1.54, 1.807) is 6.20 Å². The Morgan fingerprint density at radius 2 is 2.16 bits per heavy atom. The van der Waals surface area contributed by atoms with Crippen LogP contribution in [0.2, 0.25) is 0 Å². The van der Waals surface area contributed by atoms with Gasteiger partial charge < -0.3 is 9.73 Å². The van der Waals surface area contributed by atoms with E-state index in [0.717, 1.165) is 25.9 Å². The molecular formula is C11H14N6O2. The van der Waals surface area contributed by atoms with E-state index in [2.05, 4.69) is 25.8 Å². The van der Waals surface area contributed by atoms with Crippen LogP contribution in [-0.2, 0) is 0 Å². The molecule has 0 unspecified atom stereocenters. The number of nitrogens with one attached hydrogen (secondary N) is 1. The second kappa shape index (κ2) is 4.88. The van der Waals surface area contributed by atoms with Crippen molar-refractivity contribution in [2.24, 2.45) is 0 Å². The first-order chi connectivity index (χ1) is 9.24. The van der Waals surface area contributed by atoms with Crippen LogP contribution >= 0.6 is 0 Å². The minimum absolute atomic E-state index is 0.00795. The van der Waals surface area contributed by atoms with Gasteiger partial charge >= 0.3 is 0 Å². The molecule has 2 aromatic rings. The van der Waals surface area contributed by atoms with Crippen LogP contribution in [0.15, 0.2) is 10.6 Å². The molecule has 1 fully saturated rings. The minimum atomic E-state index is -0.260. The number of carbonyl (C=O) groups excluding carboxylic acids is 1. The summed E-state index contributed by atoms with van der Waals surface area (Å²) >= 11 is 0. The van der Waals surface area contributed by atoms with Crippen molar-refractivity contribution in [3.05, 3.63) is 12.1 Å². The van der Waals surface area contributed by atoms with Crippen molar-refractivity contribution in [1.29, 1.82) is 0 Å². The average molecular weight is 262 g/mol. The average Bonchev–Trinajstić information content (AvgIpc) is 3.09. The zero-order valence-corrected chi connectivity index (χ0v) is 10.5. The molecule has 100 valence electrons. The normalized spacial score (nSPS) is 16.7. The summed E-state index contributed by atoms with van der Waals surface area (Å²) < 4.78 is 7.06. The summed E-state index contributed by atoms with van der Waals surface area (Å²) in [6, 6.07) is 0.345. The van der Waals surface area contributed by atoms with Crippen LogP contribution in [0.25, 0.3) is 11.6 Å². The highest BCUT2D eigenvalue weighted by molar-refractivity contribution is 5.89. The van der Waals surface area contributed by atoms with Crippen LogP contribution in [-0.4, -0.2) is 44.1 Å². The van der Waals surface area contributed by atoms with Crippen molar-refractivity contribution in [2.45, 2.75) is 25.8 Å². The fourth-order valence-corrected chi connectivity index (χ4v) is 2.09. The number of Topliss-reactive ketones (excluding diaryl/α,β-unsaturated/α-hetero) is 1. The predicted molar refractivity (Wildman–Crippen MR) is 64.5 cm³/mol. The van der Waals surface area contributed by atoms with Gasteiger partial charge in [-0.3, -0.25) is 4.79 Å². The van der Waals surface area contributed by atoms with Crippen LogP contribution in [0.5, 0.6) is 0 Å². The molecular weight excluding hydrogens is 248 g/mol. The molecule has 1 N–H and O–H groups in total. The number of hydrogen-bond acceptors (Lipinski definition) is 7. The third-order valence-corrected chi connectivity index (χ3v) is 3.14. The van der Waals surface area contributed by atoms with Crippen LogP contribution in [0.1, 0.15) is 36.5 Å². The minimum Gasteiger partial charge on any atom is -0.412 e. The van der Waals surface area contributed by atoms with E-state index in [1.807, 2.05) is 4.68 Å². The topological polar surface area (TPSA) is 98.7 Å². The van der Waals surface area contributed by atoms with E-state index in [4.69, 9.17) is 4.42 Å². The van der Waals surface area contributed by atoms with Crippen LogP contribution in [0.3, 0.4) is 0 Å². The number of nitrogens with zero attached hydrogens (tertiary/aromatic N) is 5. The molecule has 0 bridgehead atoms. The largest absolute Gasteiger partial charge is 0.412 e. The summed E-state index contributed by atoms with van der Waals surface area (Å²) in [6.45, 7) is 3.34. The Labute approximate surface area is 109 Å². The van der Waals surface area contributed by atoms with E-state index in [9.17, 15) is 4.79 Å². The van der Waals surface area contributed by atoms with Crippen molar-refractivity contribution in [2.75, 3.05) is 13.1 Å². The van der Waals surface area contributed by atoms with Crippen LogP contribution in [0, 0.1) is 0 Å². The Morgan fingerprint density at radius 1 is 1.37 bits per heavy atom. The Morgan fingerprint density at radius 3 is 2.84 bits per heavy atom. The van der Waals surface area contributed by atoms with E-state index in [-0.39, 0.29) is 17.6 Å². The summed E-state index contributed by atoms with van der Waals surface area (Å²) in [5.41, 5.74) is 0.499. The molecule has 1 aliphatic heterocycles. The zero-order valence-electron chi connectivity index (χ0n) is 10.5. The molecule has 0 spiro atoms. The molecule has 0 aliphatic carbocycles. The summed E-state index contributed by atoms with van der Waals surface area (Å²) in [4.78, 5) is 11.1. The third kappa shape index (κ3) is 2.39. The lowest BCUT2D eigenvalue weighted by Crippen LogP contribution is -2.29. The summed E-state index contributed by atoms with van der Waals surface area (Å²) in [7, 11) is 0. The summed E-state index contributed by atoms with van der Waals surface area (Å²) in [6.07, 6.45) is 3.82. The number of piperidine rings is 1. The molecule has 8 nitrogen and oxygen atoms in total. The lowest BCUT2D eigenvalue weighted by atomic mass is 10.1. The Kier molecular flexibility index (Phi) is 3.08. The second-order valence-electron chi connectivity index (χ2n) is 4.53. The van der Waals surface area contributed by atoms with Crippen LogP contribution < -0.4 is 5.32 Å². The molecule has 1 aliphatic rings. The molecule has 0 amide bonds. The first-order valence-electron chi connectivity index (χ1n) is 6.21. The van der Waals surface area contributed by atoms with Gasteiger partial charge in [-0.1, -0.05) is 5.21 Å². The van der Waals surface area contributed by atoms with Crippen molar-refractivity contribution >= 4 is 5.78 Å². The maximum absolute atomic E-state index is 11.1. The monoisotopic (exact) mass is 262 g/mol. The third-order valence-electron chi connectivity index (χ3n) is 3.14. The lowest BCUT2D eigenvalue weighted by Gasteiger charge is -2.21. The van der Waals surface area contributed by atoms with Gasteiger partial charge in [0.25, 0.3) is 11.8 Å². The smallest absolute Gasteiger partial charge is 0.284 e. The quantitative estimate of drug-likeness (QED) is 0.802. The molecule has 0 aromatic carbocycles. The molecule has 2 aromatic heterocycles. The number of aromatic nitrogens is 5. The first-order valence-corrected chi connectivity index (χ1v) is 6.21. The molecule has 3 rings (SSSR count). The van der Waals surface area contributed by atoms with Crippen molar-refractivity contribution in [3.63, 3.8) is 0 Å². The van der Waals surface area contributed by atoms with Gasteiger partial charge in [-0.05, 0) is 25.9 Å². The fourth-order valence-electron chi connectivity index (χ4n) is 2.09. The van der Waals surface area contributed by atoms with Crippen molar-refractivity contribution in [3.8, 4) is 11.6 Å². The van der Waals surface area contributed by atoms with Gasteiger partial charge in [-0.15, -0.1) is 15.3 Å². The van der Waals surface area contributed by atoms with Crippen molar-refractivity contribution in [1.82, 2.24) is 30.5 Å². The standard InChI is InChI=1S/C11H14N6O2/c1-7(18)10-14-15-11(19-10)9-6-17(16-13-9)8-2-4-12-5-3-8/h6,8,12H,2-5H2,1H3. The van der Waals surface area contributed by atoms with Gasteiger partial charge in [0.15, 0.2) is 5.69 Å². The van der Waals surface area contributed by atoms with Gasteiger partial charge in [-0.2, -0.15) is 0 Å². The highest BCUT2D eigenvalue weighted by atomic mass is 16.4. The summed E-state index contributed by atoms with van der Waals surface area (Å²) in [5, 5.41) is 18.9. The molecule has 8 heteroatoms. The number of rotatable bonds is 3. The Hall–Kier alpha value is -2.09. The SMILES string of the molecule is CC(=O)c1nnc(-c2cn(C3CCNCC3)nn2)o1. The molecule has 3 heterocycles. The number of hydrogen-bond donors (Lipinski definition) is 1. The van der Waals surface area contributed by atoms with Gasteiger partial charge in [0.2, 0.25) is 5.78 Å². The molecule has 0 atom stereocenters. The van der Waals surface area contributed by atoms with E-state index in [0.29, 0.717) is 11.7 Å². The maximum Gasteiger partial charge on any atom is 0.284 e. The number of carbonyl (C=O) groups is 1. The van der Waals surface area contributed by atoms with E-state index >= 15 is 0 Å². The van der Waals surface area contributed by atoms with Gasteiger partial charge in [0, 0.05) is 6.92 Å². The Balaban J connectivity index is 1.81. The second-order valence-corrected chi connectivity index (χ2v) is 4.53. The highest BCUT2D eigenvalue weighted by Gasteiger charge is 2.19. The Bertz CT molecular complexity index is 584. The zero-order chi connectivity index (χ0) is 13.2. The van der Waals surface area contributed by atoms with E-state index < -0.39 is 0 Å². The summed E-state index contributed by atoms with van der Waals surface area (Å²) in [5.74, 6) is -0.0405. The van der Waals surface area contributed by atoms with Gasteiger partial charge in [-0.25, -0.2) is 4.68 Å². The van der Waals surface area contributed by atoms with Crippen molar-refractivity contribution < 1.29 is 9.21 Å². The van der Waals surface area contributed by atoms with Gasteiger partial charge in [0.1, 0.15) is 0 Å². The lowest BCUT2D eigenvalue weighted by molar-refractivity contribution is 0.0981.